The summed E-state index contributed by atoms with van der Waals surface area (Å²) in [6, 6.07) is 0.825. The molecule has 174 valence electrons. The van der Waals surface area contributed by atoms with Gasteiger partial charge in [-0.25, -0.2) is 14.2 Å². The fourth-order valence-electron chi connectivity index (χ4n) is 1.88. The summed E-state index contributed by atoms with van der Waals surface area (Å²) >= 11 is 0. The Balaban J connectivity index is 2.72. The molecular formula is C17H23F2N3O9. The van der Waals surface area contributed by atoms with Crippen molar-refractivity contribution in [3.63, 3.8) is 0 Å². The zero-order valence-electron chi connectivity index (χ0n) is 16.9. The smallest absolute Gasteiger partial charge is 0.412 e. The molecule has 0 saturated carbocycles. The van der Waals surface area contributed by atoms with Gasteiger partial charge in [-0.1, -0.05) is 0 Å². The highest BCUT2D eigenvalue weighted by atomic mass is 19.3. The first-order chi connectivity index (χ1) is 14.2. The van der Waals surface area contributed by atoms with Crippen LogP contribution in [-0.4, -0.2) is 80.8 Å². The van der Waals surface area contributed by atoms with Crippen molar-refractivity contribution in [1.29, 1.82) is 0 Å². The molecule has 1 amide bonds. The summed E-state index contributed by atoms with van der Waals surface area (Å²) in [7, 11) is 0. The first-order valence-electron chi connectivity index (χ1n) is 8.82. The van der Waals surface area contributed by atoms with E-state index >= 15 is 0 Å². The maximum atomic E-state index is 13.9. The third kappa shape index (κ3) is 7.04. The number of alkyl halides is 2. The maximum Gasteiger partial charge on any atom is 0.412 e. The fraction of sp³-hybridized carbons (Fsp3) is 0.588. The molecule has 1 aromatic rings. The third-order valence-electron chi connectivity index (χ3n) is 3.62. The highest BCUT2D eigenvalue weighted by Crippen LogP contribution is 2.23. The second kappa shape index (κ2) is 10.4. The Labute approximate surface area is 174 Å². The Morgan fingerprint density at radius 3 is 2.29 bits per heavy atom. The van der Waals surface area contributed by atoms with Crippen molar-refractivity contribution in [2.45, 2.75) is 38.9 Å². The summed E-state index contributed by atoms with van der Waals surface area (Å²) in [6.07, 6.45) is -5.85. The molecule has 12 nitrogen and oxygen atoms in total. The van der Waals surface area contributed by atoms with E-state index in [2.05, 4.69) is 4.98 Å². The third-order valence-corrected chi connectivity index (χ3v) is 3.62. The zero-order valence-corrected chi connectivity index (χ0v) is 16.9. The summed E-state index contributed by atoms with van der Waals surface area (Å²) in [5.41, 5.74) is -2.26. The Hall–Kier alpha value is -2.97. The number of hydrogen-bond donors (Lipinski definition) is 4. The van der Waals surface area contributed by atoms with Gasteiger partial charge in [0.15, 0.2) is 6.10 Å². The van der Waals surface area contributed by atoms with Crippen molar-refractivity contribution >= 4 is 23.8 Å². The first kappa shape index (κ1) is 26.1. The SMILES string of the molecule is CC(C)(C)C(=O)OCCOC(=O)Nc1ccn(C(=O)C(F)(F)[C@H](O)[C@H](O)CO)c(=O)n1. The van der Waals surface area contributed by atoms with Crippen LogP contribution in [0.5, 0.6) is 0 Å². The molecule has 4 N–H and O–H groups in total. The molecule has 0 spiro atoms. The zero-order chi connectivity index (χ0) is 24.0. The van der Waals surface area contributed by atoms with E-state index in [1.807, 2.05) is 5.32 Å². The van der Waals surface area contributed by atoms with E-state index in [0.717, 1.165) is 6.07 Å². The quantitative estimate of drug-likeness (QED) is 0.294. The Morgan fingerprint density at radius 1 is 1.19 bits per heavy atom. The highest BCUT2D eigenvalue weighted by molar-refractivity contribution is 5.87. The van der Waals surface area contributed by atoms with Crippen LogP contribution in [0.15, 0.2) is 17.1 Å². The molecule has 0 aliphatic rings. The molecule has 1 aromatic heterocycles. The van der Waals surface area contributed by atoms with Crippen molar-refractivity contribution in [1.82, 2.24) is 9.55 Å². The number of ether oxygens (including phenoxy) is 2. The fourth-order valence-corrected chi connectivity index (χ4v) is 1.88. The number of halogens is 2. The molecule has 31 heavy (non-hydrogen) atoms. The van der Waals surface area contributed by atoms with Gasteiger partial charge in [0.25, 0.3) is 0 Å². The van der Waals surface area contributed by atoms with Crippen molar-refractivity contribution < 1.29 is 48.0 Å². The number of carbonyl (C=O) groups is 3. The average Bonchev–Trinajstić information content (AvgIpc) is 2.68. The standard InChI is InChI=1S/C17H23F2N3O9/c1-16(2,3)13(27)30-6-7-31-15(29)21-10-4-5-22(14(28)20-10)12(26)17(18,19)11(25)9(24)8-23/h4-5,9,11,23-25H,6-8H2,1-3H3,(H,20,21,28,29)/t9-,11-/m1/s1. The number of amides is 1. The van der Waals surface area contributed by atoms with E-state index in [9.17, 15) is 33.1 Å². The van der Waals surface area contributed by atoms with Gasteiger partial charge in [0.2, 0.25) is 0 Å². The number of aliphatic hydroxyl groups is 3. The number of anilines is 1. The van der Waals surface area contributed by atoms with Gasteiger partial charge in [-0.2, -0.15) is 13.8 Å². The van der Waals surface area contributed by atoms with Gasteiger partial charge >= 0.3 is 29.6 Å². The van der Waals surface area contributed by atoms with Crippen LogP contribution in [0, 0.1) is 5.41 Å². The number of esters is 1. The largest absolute Gasteiger partial charge is 0.462 e. The molecular weight excluding hydrogens is 428 g/mol. The van der Waals surface area contributed by atoms with Crippen LogP contribution in [0.1, 0.15) is 25.6 Å². The lowest BCUT2D eigenvalue weighted by atomic mass is 9.97. The minimum Gasteiger partial charge on any atom is -0.462 e. The van der Waals surface area contributed by atoms with Gasteiger partial charge in [-0.15, -0.1) is 0 Å². The van der Waals surface area contributed by atoms with Crippen LogP contribution < -0.4 is 11.0 Å². The minimum atomic E-state index is -4.62. The molecule has 0 aromatic carbocycles. The molecule has 1 rings (SSSR count). The maximum absolute atomic E-state index is 13.9. The van der Waals surface area contributed by atoms with Crippen molar-refractivity contribution in [2.75, 3.05) is 25.1 Å². The van der Waals surface area contributed by atoms with Gasteiger partial charge in [0, 0.05) is 6.20 Å². The summed E-state index contributed by atoms with van der Waals surface area (Å²) < 4.78 is 37.3. The van der Waals surface area contributed by atoms with E-state index in [1.54, 1.807) is 20.8 Å². The van der Waals surface area contributed by atoms with E-state index in [1.165, 1.54) is 0 Å². The van der Waals surface area contributed by atoms with Gasteiger partial charge in [0.05, 0.1) is 12.0 Å². The van der Waals surface area contributed by atoms with E-state index in [0.29, 0.717) is 6.20 Å². The lowest BCUT2D eigenvalue weighted by molar-refractivity contribution is -0.153. The Bertz CT molecular complexity index is 867. The van der Waals surface area contributed by atoms with Crippen LogP contribution in [0.2, 0.25) is 0 Å². The molecule has 1 heterocycles. The van der Waals surface area contributed by atoms with Gasteiger partial charge < -0.3 is 24.8 Å². The number of aromatic nitrogens is 2. The molecule has 0 aliphatic carbocycles. The monoisotopic (exact) mass is 451 g/mol. The minimum absolute atomic E-state index is 0.143. The van der Waals surface area contributed by atoms with Crippen molar-refractivity contribution in [2.24, 2.45) is 5.41 Å². The van der Waals surface area contributed by atoms with Gasteiger partial charge in [0.1, 0.15) is 25.1 Å². The highest BCUT2D eigenvalue weighted by Gasteiger charge is 2.50. The molecule has 14 heteroatoms. The molecule has 0 fully saturated rings. The summed E-state index contributed by atoms with van der Waals surface area (Å²) in [6.45, 7) is 3.09. The molecule has 2 atom stereocenters. The first-order valence-corrected chi connectivity index (χ1v) is 8.82. The number of aliphatic hydroxyl groups excluding tert-OH is 3. The van der Waals surface area contributed by atoms with E-state index in [-0.39, 0.29) is 17.8 Å². The predicted octanol–water partition coefficient (Wildman–Crippen LogP) is -0.629. The lowest BCUT2D eigenvalue weighted by Gasteiger charge is -2.24. The number of nitrogens with one attached hydrogen (secondary N) is 1. The summed E-state index contributed by atoms with van der Waals surface area (Å²) in [5, 5.41) is 29.0. The number of hydrogen-bond acceptors (Lipinski definition) is 10. The Kier molecular flexibility index (Phi) is 8.72. The topological polar surface area (TPSA) is 177 Å². The summed E-state index contributed by atoms with van der Waals surface area (Å²) in [4.78, 5) is 50.1. The molecule has 0 saturated heterocycles. The lowest BCUT2D eigenvalue weighted by Crippen LogP contribution is -2.53. The van der Waals surface area contributed by atoms with Crippen LogP contribution in [0.4, 0.5) is 19.4 Å². The van der Waals surface area contributed by atoms with Crippen LogP contribution in [-0.2, 0) is 14.3 Å². The molecule has 0 radical (unpaired) electrons. The number of nitrogens with zero attached hydrogens (tertiary/aromatic N) is 2. The van der Waals surface area contributed by atoms with Crippen LogP contribution >= 0.6 is 0 Å². The van der Waals surface area contributed by atoms with Gasteiger partial charge in [-0.05, 0) is 26.8 Å². The second-order valence-corrected chi connectivity index (χ2v) is 7.24. The van der Waals surface area contributed by atoms with E-state index in [4.69, 9.17) is 19.7 Å². The number of rotatable bonds is 8. The van der Waals surface area contributed by atoms with Crippen LogP contribution in [0.25, 0.3) is 0 Å². The van der Waals surface area contributed by atoms with Crippen molar-refractivity contribution in [3.05, 3.63) is 22.7 Å². The van der Waals surface area contributed by atoms with Gasteiger partial charge in [-0.3, -0.25) is 14.9 Å². The molecule has 0 bridgehead atoms. The predicted molar refractivity (Wildman–Crippen MR) is 98.6 cm³/mol. The average molecular weight is 451 g/mol. The summed E-state index contributed by atoms with van der Waals surface area (Å²) in [5.74, 6) is -7.78. The van der Waals surface area contributed by atoms with Crippen LogP contribution in [0.3, 0.4) is 0 Å². The molecule has 0 aliphatic heterocycles. The second-order valence-electron chi connectivity index (χ2n) is 7.24. The van der Waals surface area contributed by atoms with E-state index < -0.39 is 59.6 Å². The Morgan fingerprint density at radius 2 is 1.77 bits per heavy atom. The normalized spacial score (nSPS) is 13.8. The number of carbonyl (C=O) groups excluding carboxylic acids is 3. The van der Waals surface area contributed by atoms with Crippen molar-refractivity contribution in [3.8, 4) is 0 Å². The molecule has 0 unspecified atom stereocenters.